The third kappa shape index (κ3) is 2.05. The van der Waals surface area contributed by atoms with E-state index in [-0.39, 0.29) is 5.91 Å². The molecule has 0 bridgehead atoms. The standard InChI is InChI=1S/C13H19N3OS/c1-9-4-2-5-10-6-3-7-16(12(9)10)13(17)11-8-14-18-15-11/h8-10,12H,2-7H2,1H3/t9-,10+,12+/m1/s1. The van der Waals surface area contributed by atoms with Crippen molar-refractivity contribution >= 4 is 17.6 Å². The largest absolute Gasteiger partial charge is 0.334 e. The van der Waals surface area contributed by atoms with Crippen LogP contribution in [-0.4, -0.2) is 32.1 Å². The number of hydrogen-bond donors (Lipinski definition) is 0. The van der Waals surface area contributed by atoms with E-state index in [1.54, 1.807) is 6.20 Å². The van der Waals surface area contributed by atoms with Gasteiger partial charge in [-0.2, -0.15) is 8.75 Å². The first kappa shape index (κ1) is 12.1. The van der Waals surface area contributed by atoms with E-state index in [1.807, 2.05) is 0 Å². The van der Waals surface area contributed by atoms with E-state index in [1.165, 1.54) is 25.7 Å². The minimum absolute atomic E-state index is 0.0900. The highest BCUT2D eigenvalue weighted by molar-refractivity contribution is 6.99. The number of rotatable bonds is 1. The number of aromatic nitrogens is 2. The van der Waals surface area contributed by atoms with Gasteiger partial charge < -0.3 is 4.90 Å². The molecule has 2 aliphatic rings. The summed E-state index contributed by atoms with van der Waals surface area (Å²) in [6, 6.07) is 0.432. The number of likely N-dealkylation sites (tertiary alicyclic amines) is 1. The average Bonchev–Trinajstić information content (AvgIpc) is 2.91. The third-order valence-electron chi connectivity index (χ3n) is 4.48. The molecule has 1 saturated heterocycles. The maximum atomic E-state index is 12.5. The van der Waals surface area contributed by atoms with Gasteiger partial charge >= 0.3 is 0 Å². The van der Waals surface area contributed by atoms with Crippen LogP contribution in [0.3, 0.4) is 0 Å². The summed E-state index contributed by atoms with van der Waals surface area (Å²) in [6.07, 6.45) is 7.88. The maximum absolute atomic E-state index is 12.5. The Labute approximate surface area is 112 Å². The van der Waals surface area contributed by atoms with Gasteiger partial charge in [0.05, 0.1) is 17.9 Å². The Morgan fingerprint density at radius 1 is 1.39 bits per heavy atom. The molecule has 3 atom stereocenters. The molecular formula is C13H19N3OS. The van der Waals surface area contributed by atoms with Gasteiger partial charge in [-0.1, -0.05) is 13.3 Å². The molecule has 3 rings (SSSR count). The minimum atomic E-state index is 0.0900. The molecule has 1 aromatic heterocycles. The Kier molecular flexibility index (Phi) is 3.33. The van der Waals surface area contributed by atoms with Crippen LogP contribution < -0.4 is 0 Å². The normalized spacial score (nSPS) is 32.1. The lowest BCUT2D eigenvalue weighted by atomic mass is 9.73. The molecule has 4 nitrogen and oxygen atoms in total. The molecule has 0 radical (unpaired) electrons. The number of hydrogen-bond acceptors (Lipinski definition) is 4. The van der Waals surface area contributed by atoms with E-state index in [2.05, 4.69) is 20.6 Å². The van der Waals surface area contributed by atoms with Gasteiger partial charge in [0, 0.05) is 12.6 Å². The Morgan fingerprint density at radius 3 is 3.00 bits per heavy atom. The second-order valence-corrected chi connectivity index (χ2v) is 6.15. The first-order chi connectivity index (χ1) is 8.77. The quantitative estimate of drug-likeness (QED) is 0.784. The summed E-state index contributed by atoms with van der Waals surface area (Å²) in [5.74, 6) is 1.42. The van der Waals surface area contributed by atoms with Gasteiger partial charge in [0.1, 0.15) is 0 Å². The molecule has 2 fully saturated rings. The minimum Gasteiger partial charge on any atom is -0.334 e. The zero-order chi connectivity index (χ0) is 12.5. The van der Waals surface area contributed by atoms with Crippen LogP contribution in [0.4, 0.5) is 0 Å². The zero-order valence-corrected chi connectivity index (χ0v) is 11.5. The molecule has 0 N–H and O–H groups in total. The summed E-state index contributed by atoms with van der Waals surface area (Å²) in [5.41, 5.74) is 0.526. The predicted octanol–water partition coefficient (Wildman–Crippen LogP) is 2.58. The van der Waals surface area contributed by atoms with E-state index < -0.39 is 0 Å². The number of carbonyl (C=O) groups excluding carboxylic acids is 1. The van der Waals surface area contributed by atoms with Gasteiger partial charge in [0.25, 0.3) is 5.91 Å². The van der Waals surface area contributed by atoms with Crippen molar-refractivity contribution < 1.29 is 4.79 Å². The molecule has 1 aromatic rings. The molecule has 5 heteroatoms. The molecule has 0 aromatic carbocycles. The van der Waals surface area contributed by atoms with Gasteiger partial charge in [-0.25, -0.2) is 0 Å². The predicted molar refractivity (Wildman–Crippen MR) is 70.5 cm³/mol. The number of carbonyl (C=O) groups is 1. The number of nitrogens with zero attached hydrogens (tertiary/aromatic N) is 3. The Bertz CT molecular complexity index is 418. The van der Waals surface area contributed by atoms with Crippen LogP contribution in [0, 0.1) is 11.8 Å². The number of fused-ring (bicyclic) bond motifs is 1. The van der Waals surface area contributed by atoms with E-state index in [0.29, 0.717) is 23.6 Å². The van der Waals surface area contributed by atoms with Crippen LogP contribution in [0.2, 0.25) is 0 Å². The summed E-state index contributed by atoms with van der Waals surface area (Å²) in [4.78, 5) is 14.6. The Balaban J connectivity index is 1.83. The number of amides is 1. The highest BCUT2D eigenvalue weighted by Gasteiger charge is 2.40. The van der Waals surface area contributed by atoms with Crippen LogP contribution in [0.25, 0.3) is 0 Å². The van der Waals surface area contributed by atoms with Crippen LogP contribution in [-0.2, 0) is 0 Å². The van der Waals surface area contributed by atoms with E-state index in [0.717, 1.165) is 24.7 Å². The van der Waals surface area contributed by atoms with Gasteiger partial charge in [-0.05, 0) is 37.5 Å². The molecule has 0 spiro atoms. The van der Waals surface area contributed by atoms with Crippen molar-refractivity contribution in [3.63, 3.8) is 0 Å². The topological polar surface area (TPSA) is 46.1 Å². The molecule has 98 valence electrons. The third-order valence-corrected chi connectivity index (χ3v) is 4.95. The highest BCUT2D eigenvalue weighted by atomic mass is 32.1. The van der Waals surface area contributed by atoms with Crippen LogP contribution >= 0.6 is 11.7 Å². The SMILES string of the molecule is C[C@@H]1CCC[C@H]2CCCN(C(=O)c3cnsn3)[C@H]21. The average molecular weight is 265 g/mol. The van der Waals surface area contributed by atoms with Crippen LogP contribution in [0.5, 0.6) is 0 Å². The second kappa shape index (κ2) is 4.96. The Morgan fingerprint density at radius 2 is 2.22 bits per heavy atom. The first-order valence-corrected chi connectivity index (χ1v) is 7.59. The summed E-state index contributed by atoms with van der Waals surface area (Å²) in [7, 11) is 0. The van der Waals surface area contributed by atoms with Crippen molar-refractivity contribution in [2.45, 2.75) is 45.1 Å². The highest BCUT2D eigenvalue weighted by Crippen LogP contribution is 2.39. The zero-order valence-electron chi connectivity index (χ0n) is 10.7. The van der Waals surface area contributed by atoms with Crippen LogP contribution in [0.15, 0.2) is 6.20 Å². The van der Waals surface area contributed by atoms with Gasteiger partial charge in [0.2, 0.25) is 0 Å². The van der Waals surface area contributed by atoms with Crippen molar-refractivity contribution in [1.29, 1.82) is 0 Å². The second-order valence-electron chi connectivity index (χ2n) is 5.59. The summed E-state index contributed by atoms with van der Waals surface area (Å²) < 4.78 is 8.04. The molecule has 1 aliphatic heterocycles. The van der Waals surface area contributed by atoms with Gasteiger partial charge in [0.15, 0.2) is 5.69 Å². The first-order valence-electron chi connectivity index (χ1n) is 6.86. The fraction of sp³-hybridized carbons (Fsp3) is 0.769. The van der Waals surface area contributed by atoms with Crippen LogP contribution in [0.1, 0.15) is 49.5 Å². The molecule has 2 heterocycles. The molecule has 0 unspecified atom stereocenters. The lowest BCUT2D eigenvalue weighted by Gasteiger charge is -2.47. The van der Waals surface area contributed by atoms with E-state index in [9.17, 15) is 4.79 Å². The lowest BCUT2D eigenvalue weighted by molar-refractivity contribution is 0.0207. The van der Waals surface area contributed by atoms with Crippen molar-refractivity contribution in [1.82, 2.24) is 13.6 Å². The maximum Gasteiger partial charge on any atom is 0.275 e. The molecular weight excluding hydrogens is 246 g/mol. The fourth-order valence-electron chi connectivity index (χ4n) is 3.70. The lowest BCUT2D eigenvalue weighted by Crippen LogP contribution is -2.53. The number of piperidine rings is 1. The fourth-order valence-corrected chi connectivity index (χ4v) is 4.11. The van der Waals surface area contributed by atoms with E-state index >= 15 is 0 Å². The molecule has 1 aliphatic carbocycles. The summed E-state index contributed by atoms with van der Waals surface area (Å²) in [6.45, 7) is 3.18. The smallest absolute Gasteiger partial charge is 0.275 e. The molecule has 1 amide bonds. The van der Waals surface area contributed by atoms with Crippen molar-refractivity contribution in [3.8, 4) is 0 Å². The van der Waals surface area contributed by atoms with Gasteiger partial charge in [-0.15, -0.1) is 0 Å². The van der Waals surface area contributed by atoms with Gasteiger partial charge in [-0.3, -0.25) is 4.79 Å². The monoisotopic (exact) mass is 265 g/mol. The summed E-state index contributed by atoms with van der Waals surface area (Å²) >= 11 is 1.11. The Hall–Kier alpha value is -0.970. The molecule has 1 saturated carbocycles. The van der Waals surface area contributed by atoms with Crippen molar-refractivity contribution in [2.75, 3.05) is 6.54 Å². The van der Waals surface area contributed by atoms with E-state index in [4.69, 9.17) is 0 Å². The summed E-state index contributed by atoms with van der Waals surface area (Å²) in [5, 5.41) is 0. The molecule has 18 heavy (non-hydrogen) atoms. The van der Waals surface area contributed by atoms with Crippen molar-refractivity contribution in [3.05, 3.63) is 11.9 Å². The van der Waals surface area contributed by atoms with Crippen molar-refractivity contribution in [2.24, 2.45) is 11.8 Å².